The Balaban J connectivity index is 2.18. The molecule has 0 aliphatic rings. The summed E-state index contributed by atoms with van der Waals surface area (Å²) in [5.74, 6) is -0.291. The van der Waals surface area contributed by atoms with E-state index in [1.54, 1.807) is 19.1 Å². The van der Waals surface area contributed by atoms with E-state index in [0.29, 0.717) is 10.9 Å². The van der Waals surface area contributed by atoms with Gasteiger partial charge in [0.15, 0.2) is 5.76 Å². The number of ether oxygens (including phenoxy) is 1. The number of aromatic amines is 1. The van der Waals surface area contributed by atoms with Crippen molar-refractivity contribution in [1.29, 1.82) is 0 Å². The fourth-order valence-corrected chi connectivity index (χ4v) is 3.05. The summed E-state index contributed by atoms with van der Waals surface area (Å²) < 4.78 is 10.8. The van der Waals surface area contributed by atoms with Crippen molar-refractivity contribution >= 4 is 27.8 Å². The molecule has 0 fully saturated rings. The van der Waals surface area contributed by atoms with Crippen LogP contribution in [0.4, 0.5) is 0 Å². The second-order valence-corrected chi connectivity index (χ2v) is 5.60. The molecule has 4 aromatic rings. The summed E-state index contributed by atoms with van der Waals surface area (Å²) in [5.41, 5.74) is 1.43. The molecule has 124 valence electrons. The summed E-state index contributed by atoms with van der Waals surface area (Å²) in [7, 11) is 0. The zero-order valence-corrected chi connectivity index (χ0v) is 13.5. The van der Waals surface area contributed by atoms with Crippen LogP contribution < -0.4 is 5.63 Å². The van der Waals surface area contributed by atoms with E-state index in [0.717, 1.165) is 10.9 Å². The smallest absolute Gasteiger partial charge is 0.360 e. The molecule has 4 rings (SSSR count). The Hall–Kier alpha value is -3.34. The van der Waals surface area contributed by atoms with E-state index >= 15 is 0 Å². The predicted molar refractivity (Wildman–Crippen MR) is 95.7 cm³/mol. The number of rotatable bonds is 3. The maximum atomic E-state index is 12.7. The summed E-state index contributed by atoms with van der Waals surface area (Å²) in [4.78, 5) is 28.3. The highest BCUT2D eigenvalue weighted by Crippen LogP contribution is 2.33. The number of fused-ring (bicyclic) bond motifs is 3. The van der Waals surface area contributed by atoms with Gasteiger partial charge in [-0.15, -0.1) is 0 Å². The number of esters is 1. The number of aromatic nitrogens is 1. The lowest BCUT2D eigenvalue weighted by Gasteiger charge is -2.09. The van der Waals surface area contributed by atoms with Crippen molar-refractivity contribution in [2.24, 2.45) is 0 Å². The first-order valence-electron chi connectivity index (χ1n) is 8.00. The Kier molecular flexibility index (Phi) is 3.61. The van der Waals surface area contributed by atoms with Crippen LogP contribution in [0.25, 0.3) is 33.1 Å². The summed E-state index contributed by atoms with van der Waals surface area (Å²) >= 11 is 0. The van der Waals surface area contributed by atoms with E-state index in [2.05, 4.69) is 4.98 Å². The van der Waals surface area contributed by atoms with Crippen molar-refractivity contribution in [2.75, 3.05) is 6.61 Å². The first-order chi connectivity index (χ1) is 12.2. The summed E-state index contributed by atoms with van der Waals surface area (Å²) in [6, 6.07) is 16.5. The summed E-state index contributed by atoms with van der Waals surface area (Å²) in [6.07, 6.45) is 0. The van der Waals surface area contributed by atoms with E-state index < -0.39 is 11.6 Å². The first kappa shape index (κ1) is 15.2. The molecule has 2 aromatic heterocycles. The minimum atomic E-state index is -0.516. The predicted octanol–water partition coefficient (Wildman–Crippen LogP) is 4.12. The van der Waals surface area contributed by atoms with Crippen LogP contribution in [0.1, 0.15) is 17.3 Å². The molecule has 5 nitrogen and oxygen atoms in total. The lowest BCUT2D eigenvalue weighted by Crippen LogP contribution is -2.11. The highest BCUT2D eigenvalue weighted by atomic mass is 16.5. The molecule has 0 saturated carbocycles. The van der Waals surface area contributed by atoms with Crippen LogP contribution >= 0.6 is 0 Å². The van der Waals surface area contributed by atoms with Crippen LogP contribution in [0.5, 0.6) is 0 Å². The molecule has 2 aromatic carbocycles. The van der Waals surface area contributed by atoms with Crippen molar-refractivity contribution < 1.29 is 13.9 Å². The number of carbonyl (C=O) groups excluding carboxylic acids is 1. The molecule has 5 heteroatoms. The monoisotopic (exact) mass is 333 g/mol. The average Bonchev–Trinajstić information content (AvgIpc) is 3.03. The second kappa shape index (κ2) is 5.94. The fraction of sp³-hybridized carbons (Fsp3) is 0.100. The molecule has 0 atom stereocenters. The summed E-state index contributed by atoms with van der Waals surface area (Å²) in [5, 5.41) is 1.31. The minimum absolute atomic E-state index is 0.223. The van der Waals surface area contributed by atoms with Gasteiger partial charge in [0.25, 0.3) is 0 Å². The number of benzene rings is 2. The summed E-state index contributed by atoms with van der Waals surface area (Å²) in [6.45, 7) is 1.97. The van der Waals surface area contributed by atoms with E-state index in [4.69, 9.17) is 9.15 Å². The van der Waals surface area contributed by atoms with Crippen LogP contribution in [0.3, 0.4) is 0 Å². The Labute approximate surface area is 142 Å². The maximum Gasteiger partial charge on any atom is 0.360 e. The van der Waals surface area contributed by atoms with Gasteiger partial charge in [-0.05, 0) is 13.0 Å². The van der Waals surface area contributed by atoms with Gasteiger partial charge in [-0.1, -0.05) is 48.5 Å². The van der Waals surface area contributed by atoms with Crippen LogP contribution in [0.2, 0.25) is 0 Å². The quantitative estimate of drug-likeness (QED) is 0.573. The first-order valence-corrected chi connectivity index (χ1v) is 8.00. The third kappa shape index (κ3) is 2.41. The average molecular weight is 333 g/mol. The van der Waals surface area contributed by atoms with Gasteiger partial charge >= 0.3 is 11.6 Å². The molecule has 2 heterocycles. The maximum absolute atomic E-state index is 12.7. The molecule has 0 unspecified atom stereocenters. The standard InChI is InChI=1S/C20H15NO4/c1-2-24-19(22)16-15-13-10-6-7-11-14(13)21-17(15)20(23)25-18(16)12-8-4-3-5-9-12/h3-11,21H,2H2,1H3. The van der Waals surface area contributed by atoms with Gasteiger partial charge < -0.3 is 14.1 Å². The number of nitrogens with one attached hydrogen (secondary N) is 1. The van der Waals surface area contributed by atoms with E-state index in [1.165, 1.54) is 0 Å². The highest BCUT2D eigenvalue weighted by Gasteiger charge is 2.25. The Bertz CT molecular complexity index is 1140. The Morgan fingerprint density at radius 3 is 2.56 bits per heavy atom. The van der Waals surface area contributed by atoms with Gasteiger partial charge in [0.1, 0.15) is 11.1 Å². The van der Waals surface area contributed by atoms with Crippen LogP contribution in [0, 0.1) is 0 Å². The van der Waals surface area contributed by atoms with Gasteiger partial charge in [-0.2, -0.15) is 0 Å². The topological polar surface area (TPSA) is 72.3 Å². The molecular weight excluding hydrogens is 318 g/mol. The molecule has 0 amide bonds. The fourth-order valence-electron chi connectivity index (χ4n) is 3.05. The molecule has 0 spiro atoms. The van der Waals surface area contributed by atoms with E-state index in [-0.39, 0.29) is 23.4 Å². The molecule has 0 radical (unpaired) electrons. The number of hydrogen-bond donors (Lipinski definition) is 1. The van der Waals surface area contributed by atoms with Crippen LogP contribution in [-0.2, 0) is 4.74 Å². The molecule has 0 bridgehead atoms. The Morgan fingerprint density at radius 1 is 1.08 bits per heavy atom. The van der Waals surface area contributed by atoms with Crippen molar-refractivity contribution in [3.05, 3.63) is 70.6 Å². The third-order valence-electron chi connectivity index (χ3n) is 4.10. The van der Waals surface area contributed by atoms with Gasteiger partial charge in [0.05, 0.1) is 6.61 Å². The van der Waals surface area contributed by atoms with Crippen LogP contribution in [-0.4, -0.2) is 17.6 Å². The molecular formula is C20H15NO4. The number of para-hydroxylation sites is 1. The normalized spacial score (nSPS) is 11.1. The van der Waals surface area contributed by atoms with Crippen molar-refractivity contribution in [1.82, 2.24) is 4.98 Å². The molecule has 0 saturated heterocycles. The van der Waals surface area contributed by atoms with E-state index in [9.17, 15) is 9.59 Å². The number of H-pyrrole nitrogens is 1. The SMILES string of the molecule is CCOC(=O)c1c(-c2ccccc2)oc(=O)c2[nH]c3ccccc3c12. The second-order valence-electron chi connectivity index (χ2n) is 5.60. The van der Waals surface area contributed by atoms with Gasteiger partial charge in [0, 0.05) is 21.9 Å². The number of carbonyl (C=O) groups is 1. The number of hydrogen-bond acceptors (Lipinski definition) is 4. The third-order valence-corrected chi connectivity index (χ3v) is 4.10. The zero-order valence-electron chi connectivity index (χ0n) is 13.5. The van der Waals surface area contributed by atoms with Crippen molar-refractivity contribution in [3.8, 4) is 11.3 Å². The lowest BCUT2D eigenvalue weighted by atomic mass is 10.0. The molecule has 25 heavy (non-hydrogen) atoms. The largest absolute Gasteiger partial charge is 0.462 e. The van der Waals surface area contributed by atoms with Gasteiger partial charge in [-0.25, -0.2) is 9.59 Å². The molecule has 0 aliphatic heterocycles. The Morgan fingerprint density at radius 2 is 1.80 bits per heavy atom. The van der Waals surface area contributed by atoms with Gasteiger partial charge in [0.2, 0.25) is 0 Å². The highest BCUT2D eigenvalue weighted by molar-refractivity contribution is 6.18. The van der Waals surface area contributed by atoms with Gasteiger partial charge in [-0.3, -0.25) is 0 Å². The molecule has 1 N–H and O–H groups in total. The van der Waals surface area contributed by atoms with Crippen LogP contribution in [0.15, 0.2) is 63.8 Å². The van der Waals surface area contributed by atoms with Crippen molar-refractivity contribution in [3.63, 3.8) is 0 Å². The van der Waals surface area contributed by atoms with Crippen molar-refractivity contribution in [2.45, 2.75) is 6.92 Å². The molecule has 0 aliphatic carbocycles. The van der Waals surface area contributed by atoms with E-state index in [1.807, 2.05) is 42.5 Å². The zero-order chi connectivity index (χ0) is 17.4. The lowest BCUT2D eigenvalue weighted by molar-refractivity contribution is 0.0527. The minimum Gasteiger partial charge on any atom is -0.462 e.